The lowest BCUT2D eigenvalue weighted by molar-refractivity contribution is -0.344. The number of carbonyl (C=O) groups is 3. The number of aliphatic hydroxyl groups excluding tert-OH is 1. The number of rotatable bonds is 2. The van der Waals surface area contributed by atoms with Crippen molar-refractivity contribution in [1.29, 1.82) is 0 Å². The Morgan fingerprint density at radius 3 is 2.64 bits per heavy atom. The van der Waals surface area contributed by atoms with Crippen molar-refractivity contribution in [3.05, 3.63) is 65.6 Å². The lowest BCUT2D eigenvalue weighted by atomic mass is 9.94. The smallest absolute Gasteiger partial charge is 0.457 e. The molecule has 0 fully saturated rings. The fourth-order valence-corrected chi connectivity index (χ4v) is 4.71. The number of aliphatic hydroxyl groups is 1. The highest BCUT2D eigenvalue weighted by atomic mass is 19.4. The summed E-state index contributed by atoms with van der Waals surface area (Å²) in [6.07, 6.45) is 1.09. The molecule has 2 N–H and O–H groups in total. The number of hydrogen-bond donors (Lipinski definition) is 2. The summed E-state index contributed by atoms with van der Waals surface area (Å²) in [7, 11) is 0. The van der Waals surface area contributed by atoms with Crippen molar-refractivity contribution in [3.8, 4) is 0 Å². The van der Waals surface area contributed by atoms with Crippen molar-refractivity contribution in [2.75, 3.05) is 13.1 Å². The molecule has 1 aromatic rings. The molecule has 230 valence electrons. The number of allylic oxidation sites excluding steroid dienone is 2. The molecule has 13 heteroatoms. The van der Waals surface area contributed by atoms with Gasteiger partial charge in [-0.25, -0.2) is 9.78 Å². The Kier molecular flexibility index (Phi) is 11.3. The highest BCUT2D eigenvalue weighted by Crippen LogP contribution is 2.26. The van der Waals surface area contributed by atoms with Gasteiger partial charge in [-0.15, -0.1) is 13.2 Å². The second-order valence-corrected chi connectivity index (χ2v) is 10.5. The topological polar surface area (TPSA) is 131 Å². The molecule has 0 aromatic carbocycles. The van der Waals surface area contributed by atoms with Crippen LogP contribution in [0.5, 0.6) is 0 Å². The number of halogens is 3. The van der Waals surface area contributed by atoms with Crippen molar-refractivity contribution < 1.29 is 46.6 Å². The van der Waals surface area contributed by atoms with Crippen molar-refractivity contribution in [3.63, 3.8) is 0 Å². The first-order valence-electron chi connectivity index (χ1n) is 13.6. The first-order valence-corrected chi connectivity index (χ1v) is 13.6. The van der Waals surface area contributed by atoms with Crippen molar-refractivity contribution in [2.45, 2.75) is 71.6 Å². The van der Waals surface area contributed by atoms with Crippen LogP contribution in [0.15, 0.2) is 58.4 Å². The van der Waals surface area contributed by atoms with Gasteiger partial charge in [0.1, 0.15) is 18.1 Å². The van der Waals surface area contributed by atoms with Crippen LogP contribution in [0, 0.1) is 11.8 Å². The number of cyclic esters (lactones) is 1. The lowest BCUT2D eigenvalue weighted by Crippen LogP contribution is -2.36. The number of esters is 1. The van der Waals surface area contributed by atoms with E-state index in [0.29, 0.717) is 12.0 Å². The number of fused-ring (bicyclic) bond motifs is 3. The van der Waals surface area contributed by atoms with Gasteiger partial charge in [-0.1, -0.05) is 56.7 Å². The summed E-state index contributed by atoms with van der Waals surface area (Å²) in [5.41, 5.74) is 0.349. The molecule has 2 aliphatic heterocycles. The normalized spacial score (nSPS) is 28.3. The van der Waals surface area contributed by atoms with Gasteiger partial charge in [0.2, 0.25) is 5.91 Å². The van der Waals surface area contributed by atoms with Crippen LogP contribution in [0.2, 0.25) is 0 Å². The number of oxazole rings is 1. The number of alkyl halides is 3. The average Bonchev–Trinajstić information content (AvgIpc) is 3.56. The fraction of sp³-hybridized carbons (Fsp3) is 0.517. The van der Waals surface area contributed by atoms with Crippen LogP contribution in [0.3, 0.4) is 0 Å². The lowest BCUT2D eigenvalue weighted by Gasteiger charge is -2.27. The molecular formula is C29H36F3N3O7. The first-order chi connectivity index (χ1) is 19.7. The summed E-state index contributed by atoms with van der Waals surface area (Å²) < 4.78 is 54.6. The molecule has 4 atom stereocenters. The molecule has 0 saturated carbocycles. The maximum atomic E-state index is 13.2. The summed E-state index contributed by atoms with van der Waals surface area (Å²) in [6, 6.07) is 0. The van der Waals surface area contributed by atoms with E-state index in [0.717, 1.165) is 6.26 Å². The van der Waals surface area contributed by atoms with Gasteiger partial charge in [0, 0.05) is 25.4 Å². The number of aromatic nitrogens is 1. The van der Waals surface area contributed by atoms with Crippen LogP contribution in [-0.4, -0.2) is 70.5 Å². The van der Waals surface area contributed by atoms with Crippen LogP contribution in [0.4, 0.5) is 13.2 Å². The van der Waals surface area contributed by atoms with E-state index in [9.17, 15) is 32.7 Å². The van der Waals surface area contributed by atoms with Crippen LogP contribution in [-0.2, 0) is 25.5 Å². The minimum Gasteiger partial charge on any atom is -0.457 e. The quantitative estimate of drug-likeness (QED) is 0.491. The Bertz CT molecular complexity index is 1250. The largest absolute Gasteiger partial charge is 0.522 e. The summed E-state index contributed by atoms with van der Waals surface area (Å²) in [5.74, 6) is -2.45. The number of amides is 2. The molecular weight excluding hydrogens is 559 g/mol. The highest BCUT2D eigenvalue weighted by Gasteiger charge is 2.36. The average molecular weight is 596 g/mol. The van der Waals surface area contributed by atoms with Crippen molar-refractivity contribution >= 4 is 17.8 Å². The Labute approximate surface area is 241 Å². The maximum Gasteiger partial charge on any atom is 0.522 e. The van der Waals surface area contributed by atoms with Crippen molar-refractivity contribution in [2.24, 2.45) is 11.8 Å². The molecule has 0 unspecified atom stereocenters. The van der Waals surface area contributed by atoms with E-state index in [1.54, 1.807) is 38.2 Å². The summed E-state index contributed by atoms with van der Waals surface area (Å²) in [4.78, 5) is 43.9. The number of nitrogens with zero attached hydrogens (tertiary/aromatic N) is 2. The first kappa shape index (κ1) is 32.8. The van der Waals surface area contributed by atoms with E-state index in [4.69, 9.17) is 9.15 Å². The number of ether oxygens (including phenoxy) is 2. The van der Waals surface area contributed by atoms with Crippen molar-refractivity contribution in [1.82, 2.24) is 15.2 Å². The molecule has 1 aromatic heterocycles. The van der Waals surface area contributed by atoms with Crippen LogP contribution < -0.4 is 5.32 Å². The van der Waals surface area contributed by atoms with E-state index in [1.165, 1.54) is 17.1 Å². The molecule has 3 heterocycles. The molecule has 0 radical (unpaired) electrons. The van der Waals surface area contributed by atoms with Gasteiger partial charge in [-0.3, -0.25) is 14.3 Å². The van der Waals surface area contributed by atoms with Gasteiger partial charge >= 0.3 is 12.3 Å². The molecule has 0 aliphatic carbocycles. The zero-order valence-electron chi connectivity index (χ0n) is 23.9. The van der Waals surface area contributed by atoms with Crippen LogP contribution in [0.25, 0.3) is 0 Å². The molecule has 0 saturated heterocycles. The number of hydrogen-bond acceptors (Lipinski definition) is 8. The standard InChI is InChI=1S/C29H36F3N3O7/c1-17(2)26-19(4)9-10-24(37)33-11-5-7-18(3)13-20(36)14-21(42-29(30,31)32)15-25-34-22(16-40-25)27(38)35-12-6-8-23(35)28(39)41-26/h5,7-10,13,16-17,19-21,26,36H,6,11-12,14-15H2,1-4H3,(H,33,37)/b7-5+,10-9+,18-13+/t19-,20-,21-,26-/m1/s1. The zero-order chi connectivity index (χ0) is 31.0. The molecule has 2 amide bonds. The minimum absolute atomic E-state index is 0.0119. The molecule has 42 heavy (non-hydrogen) atoms. The zero-order valence-corrected chi connectivity index (χ0v) is 23.9. The Morgan fingerprint density at radius 2 is 1.95 bits per heavy atom. The number of nitrogens with one attached hydrogen (secondary N) is 1. The van der Waals surface area contributed by atoms with Gasteiger partial charge in [0.15, 0.2) is 11.6 Å². The van der Waals surface area contributed by atoms with E-state index in [2.05, 4.69) is 15.0 Å². The Hall–Kier alpha value is -3.71. The molecule has 2 bridgehead atoms. The van der Waals surface area contributed by atoms with Gasteiger partial charge in [-0.2, -0.15) is 0 Å². The third-order valence-electron chi connectivity index (χ3n) is 6.61. The van der Waals surface area contributed by atoms with Crippen LogP contribution >= 0.6 is 0 Å². The SMILES string of the molecule is CC1=C\[C@@H](O)C[C@@H](OC(F)(F)F)Cc2nc(co2)C(=O)N2CCC=C2C(=O)O[C@H](C(C)C)[C@H](C)/C=C/C(=O)NC\C=C\1. The Morgan fingerprint density at radius 1 is 1.21 bits per heavy atom. The monoisotopic (exact) mass is 595 g/mol. The second-order valence-electron chi connectivity index (χ2n) is 10.5. The highest BCUT2D eigenvalue weighted by molar-refractivity contribution is 6.00. The van der Waals surface area contributed by atoms with Gasteiger partial charge in [-0.05, 0) is 25.3 Å². The predicted octanol–water partition coefficient (Wildman–Crippen LogP) is 4.00. The number of carbonyl (C=O) groups excluding carboxylic acids is 3. The fourth-order valence-electron chi connectivity index (χ4n) is 4.71. The summed E-state index contributed by atoms with van der Waals surface area (Å²) >= 11 is 0. The van der Waals surface area contributed by atoms with Gasteiger partial charge < -0.3 is 24.5 Å². The molecule has 0 spiro atoms. The van der Waals surface area contributed by atoms with Crippen LogP contribution in [0.1, 0.15) is 56.9 Å². The summed E-state index contributed by atoms with van der Waals surface area (Å²) in [5, 5.41) is 13.1. The van der Waals surface area contributed by atoms with Gasteiger partial charge in [0.05, 0.1) is 18.6 Å². The summed E-state index contributed by atoms with van der Waals surface area (Å²) in [6.45, 7) is 7.51. The minimum atomic E-state index is -4.99. The van der Waals surface area contributed by atoms with E-state index in [1.807, 2.05) is 13.8 Å². The molecule has 2 aliphatic rings. The molecule has 10 nitrogen and oxygen atoms in total. The third kappa shape index (κ3) is 9.69. The van der Waals surface area contributed by atoms with E-state index >= 15 is 0 Å². The second kappa shape index (κ2) is 14.5. The van der Waals surface area contributed by atoms with E-state index in [-0.39, 0.29) is 48.1 Å². The maximum absolute atomic E-state index is 13.2. The molecule has 3 rings (SSSR count). The third-order valence-corrected chi connectivity index (χ3v) is 6.61. The Balaban J connectivity index is 1.92. The predicted molar refractivity (Wildman–Crippen MR) is 144 cm³/mol. The van der Waals surface area contributed by atoms with Gasteiger partial charge in [0.25, 0.3) is 5.91 Å². The van der Waals surface area contributed by atoms with E-state index < -0.39 is 49.4 Å².